The van der Waals surface area contributed by atoms with Crippen LogP contribution < -0.4 is 10.1 Å². The van der Waals surface area contributed by atoms with Crippen LogP contribution in [0.4, 0.5) is 8.78 Å². The highest BCUT2D eigenvalue weighted by atomic mass is 19.3. The number of carbonyl (C=O) groups excluding carboxylic acids is 1. The molecule has 1 amide bonds. The molecule has 2 aromatic carbocycles. The monoisotopic (exact) mass is 397 g/mol. The van der Waals surface area contributed by atoms with Crippen LogP contribution in [-0.4, -0.2) is 22.3 Å². The third kappa shape index (κ3) is 4.13. The zero-order valence-corrected chi connectivity index (χ0v) is 16.0. The summed E-state index contributed by atoms with van der Waals surface area (Å²) in [6.45, 7) is -0.547. The van der Waals surface area contributed by atoms with E-state index in [4.69, 9.17) is 0 Å². The lowest BCUT2D eigenvalue weighted by Gasteiger charge is -2.07. The van der Waals surface area contributed by atoms with Crippen molar-refractivity contribution in [1.82, 2.24) is 15.1 Å². The van der Waals surface area contributed by atoms with Gasteiger partial charge in [-0.2, -0.15) is 13.9 Å². The minimum absolute atomic E-state index is 0.0877. The second kappa shape index (κ2) is 8.03. The van der Waals surface area contributed by atoms with Crippen LogP contribution in [-0.2, 0) is 19.4 Å². The third-order valence-corrected chi connectivity index (χ3v) is 5.03. The van der Waals surface area contributed by atoms with E-state index in [0.717, 1.165) is 41.8 Å². The number of halogens is 2. The molecule has 1 aliphatic rings. The number of aryl methyl sites for hydroxylation is 1. The van der Waals surface area contributed by atoms with Gasteiger partial charge >= 0.3 is 6.61 Å². The SMILES string of the molecule is Cc1ccc(-n2nc(C(=O)NCc3ccc(OC(F)F)cc3)c3c2CCC3)cc1. The molecule has 0 aliphatic heterocycles. The molecule has 150 valence electrons. The van der Waals surface area contributed by atoms with Crippen molar-refractivity contribution in [2.24, 2.45) is 0 Å². The number of alkyl halides is 2. The van der Waals surface area contributed by atoms with Crippen LogP contribution in [0.5, 0.6) is 5.75 Å². The topological polar surface area (TPSA) is 56.2 Å². The number of hydrogen-bond acceptors (Lipinski definition) is 3. The molecule has 5 nitrogen and oxygen atoms in total. The number of nitrogens with one attached hydrogen (secondary N) is 1. The van der Waals surface area contributed by atoms with Crippen LogP contribution in [0, 0.1) is 6.92 Å². The highest BCUT2D eigenvalue weighted by molar-refractivity contribution is 5.94. The van der Waals surface area contributed by atoms with Crippen LogP contribution in [0.3, 0.4) is 0 Å². The first-order valence-electron chi connectivity index (χ1n) is 9.51. The van der Waals surface area contributed by atoms with E-state index in [0.29, 0.717) is 5.69 Å². The molecule has 1 N–H and O–H groups in total. The van der Waals surface area contributed by atoms with Gasteiger partial charge in [-0.1, -0.05) is 29.8 Å². The number of carbonyl (C=O) groups is 1. The lowest BCUT2D eigenvalue weighted by Crippen LogP contribution is -2.24. The van der Waals surface area contributed by atoms with Gasteiger partial charge in [-0.25, -0.2) is 4.68 Å². The maximum Gasteiger partial charge on any atom is 0.387 e. The number of aromatic nitrogens is 2. The molecule has 0 saturated carbocycles. The lowest BCUT2D eigenvalue weighted by molar-refractivity contribution is -0.0498. The fourth-order valence-electron chi connectivity index (χ4n) is 3.57. The fourth-order valence-corrected chi connectivity index (χ4v) is 3.57. The Kier molecular flexibility index (Phi) is 5.29. The molecule has 0 fully saturated rings. The third-order valence-electron chi connectivity index (χ3n) is 5.03. The minimum atomic E-state index is -2.86. The first-order valence-corrected chi connectivity index (χ1v) is 9.51. The van der Waals surface area contributed by atoms with Crippen LogP contribution in [0.2, 0.25) is 0 Å². The highest BCUT2D eigenvalue weighted by Gasteiger charge is 2.26. The van der Waals surface area contributed by atoms with E-state index in [1.165, 1.54) is 17.7 Å². The Balaban J connectivity index is 1.49. The summed E-state index contributed by atoms with van der Waals surface area (Å²) in [5, 5.41) is 7.47. The molecule has 0 radical (unpaired) electrons. The van der Waals surface area contributed by atoms with Gasteiger partial charge in [0, 0.05) is 17.8 Å². The summed E-state index contributed by atoms with van der Waals surface area (Å²) in [6.07, 6.45) is 2.74. The Labute approximate surface area is 167 Å². The van der Waals surface area contributed by atoms with Crippen molar-refractivity contribution in [1.29, 1.82) is 0 Å². The van der Waals surface area contributed by atoms with Crippen LogP contribution >= 0.6 is 0 Å². The van der Waals surface area contributed by atoms with Gasteiger partial charge in [0.2, 0.25) is 0 Å². The van der Waals surface area contributed by atoms with Crippen molar-refractivity contribution in [3.63, 3.8) is 0 Å². The fraction of sp³-hybridized carbons (Fsp3) is 0.273. The van der Waals surface area contributed by atoms with Gasteiger partial charge in [-0.3, -0.25) is 4.79 Å². The van der Waals surface area contributed by atoms with Gasteiger partial charge in [-0.15, -0.1) is 0 Å². The number of ether oxygens (including phenoxy) is 1. The molecule has 4 rings (SSSR count). The first kappa shape index (κ1) is 19.1. The van der Waals surface area contributed by atoms with E-state index in [-0.39, 0.29) is 18.2 Å². The van der Waals surface area contributed by atoms with E-state index in [2.05, 4.69) is 15.2 Å². The molecule has 1 aliphatic carbocycles. The zero-order chi connectivity index (χ0) is 20.4. The summed E-state index contributed by atoms with van der Waals surface area (Å²) in [6, 6.07) is 14.3. The maximum absolute atomic E-state index is 12.8. The largest absolute Gasteiger partial charge is 0.435 e. The predicted octanol–water partition coefficient (Wildman–Crippen LogP) is 4.20. The Morgan fingerprint density at radius 2 is 1.86 bits per heavy atom. The number of nitrogens with zero attached hydrogens (tertiary/aromatic N) is 2. The van der Waals surface area contributed by atoms with Crippen LogP contribution in [0.15, 0.2) is 48.5 Å². The average Bonchev–Trinajstić information content (AvgIpc) is 3.30. The molecule has 0 unspecified atom stereocenters. The van der Waals surface area contributed by atoms with Gasteiger partial charge in [0.1, 0.15) is 5.75 Å². The smallest absolute Gasteiger partial charge is 0.387 e. The number of benzene rings is 2. The van der Waals surface area contributed by atoms with E-state index >= 15 is 0 Å². The predicted molar refractivity (Wildman–Crippen MR) is 105 cm³/mol. The van der Waals surface area contributed by atoms with Crippen LogP contribution in [0.1, 0.15) is 39.3 Å². The number of rotatable bonds is 6. The zero-order valence-electron chi connectivity index (χ0n) is 16.0. The number of hydrogen-bond donors (Lipinski definition) is 1. The first-order chi connectivity index (χ1) is 14.0. The molecular formula is C22H21F2N3O2. The minimum Gasteiger partial charge on any atom is -0.435 e. The molecule has 0 atom stereocenters. The van der Waals surface area contributed by atoms with Crippen molar-refractivity contribution in [2.75, 3.05) is 0 Å². The van der Waals surface area contributed by atoms with Crippen molar-refractivity contribution in [3.8, 4) is 11.4 Å². The van der Waals surface area contributed by atoms with Crippen molar-refractivity contribution in [2.45, 2.75) is 39.3 Å². The Bertz CT molecular complexity index is 1010. The average molecular weight is 397 g/mol. The van der Waals surface area contributed by atoms with E-state index in [9.17, 15) is 13.6 Å². The summed E-state index contributed by atoms with van der Waals surface area (Å²) >= 11 is 0. The standard InChI is InChI=1S/C22H21F2N3O2/c1-14-5-9-16(10-6-14)27-19-4-2-3-18(19)20(26-27)21(28)25-13-15-7-11-17(12-8-15)29-22(23)24/h5-12,22H,2-4,13H2,1H3,(H,25,28). The van der Waals surface area contributed by atoms with Gasteiger partial charge in [0.25, 0.3) is 5.91 Å². The molecule has 7 heteroatoms. The van der Waals surface area contributed by atoms with Gasteiger partial charge in [-0.05, 0) is 56.0 Å². The Morgan fingerprint density at radius 3 is 2.55 bits per heavy atom. The van der Waals surface area contributed by atoms with Gasteiger partial charge in [0.15, 0.2) is 5.69 Å². The maximum atomic E-state index is 12.8. The Hall–Kier alpha value is -3.22. The molecule has 0 saturated heterocycles. The summed E-state index contributed by atoms with van der Waals surface area (Å²) in [5.41, 5.74) is 5.45. The summed E-state index contributed by atoms with van der Waals surface area (Å²) in [7, 11) is 0. The van der Waals surface area contributed by atoms with Gasteiger partial charge < -0.3 is 10.1 Å². The molecule has 0 spiro atoms. The van der Waals surface area contributed by atoms with Crippen LogP contribution in [0.25, 0.3) is 5.69 Å². The molecule has 29 heavy (non-hydrogen) atoms. The second-order valence-corrected chi connectivity index (χ2v) is 7.08. The summed E-state index contributed by atoms with van der Waals surface area (Å²) in [4.78, 5) is 12.8. The Morgan fingerprint density at radius 1 is 1.14 bits per heavy atom. The molecule has 1 heterocycles. The van der Waals surface area contributed by atoms with E-state index in [1.54, 1.807) is 12.1 Å². The van der Waals surface area contributed by atoms with E-state index in [1.807, 2.05) is 35.9 Å². The molecule has 1 aromatic heterocycles. The van der Waals surface area contributed by atoms with Crippen molar-refractivity contribution < 1.29 is 18.3 Å². The van der Waals surface area contributed by atoms with Crippen molar-refractivity contribution >= 4 is 5.91 Å². The molecule has 0 bridgehead atoms. The summed E-state index contributed by atoms with van der Waals surface area (Å²) < 4.78 is 30.7. The lowest BCUT2D eigenvalue weighted by atomic mass is 10.1. The molecular weight excluding hydrogens is 376 g/mol. The van der Waals surface area contributed by atoms with Crippen molar-refractivity contribution in [3.05, 3.63) is 76.6 Å². The van der Waals surface area contributed by atoms with E-state index < -0.39 is 6.61 Å². The quantitative estimate of drug-likeness (QED) is 0.678. The highest BCUT2D eigenvalue weighted by Crippen LogP contribution is 2.28. The normalized spacial score (nSPS) is 12.8. The van der Waals surface area contributed by atoms with Gasteiger partial charge in [0.05, 0.1) is 5.69 Å². The summed E-state index contributed by atoms with van der Waals surface area (Å²) in [5.74, 6) is -0.147. The second-order valence-electron chi connectivity index (χ2n) is 7.08. The number of amides is 1. The number of fused-ring (bicyclic) bond motifs is 1. The molecule has 3 aromatic rings.